The van der Waals surface area contributed by atoms with E-state index in [2.05, 4.69) is 26.9 Å². The molecule has 1 N–H and O–H groups in total. The number of carboxylic acids is 1. The number of aliphatic carboxylic acids is 1. The van der Waals surface area contributed by atoms with Gasteiger partial charge in [-0.05, 0) is 59.1 Å². The number of piperidine rings is 1. The molecule has 1 aliphatic rings. The standard InChI is InChI=1S/C17H16BrCl2NO2S/c18-14-7-6-13(24-14)16(11-4-1-5-12(19)15(11)20)21-8-2-3-10(9-21)17(22)23/h1,4-7,10,16H,2-3,8-9H2,(H,22,23). The van der Waals surface area contributed by atoms with Gasteiger partial charge in [0.25, 0.3) is 0 Å². The summed E-state index contributed by atoms with van der Waals surface area (Å²) in [5.74, 6) is -1.08. The van der Waals surface area contributed by atoms with Crippen molar-refractivity contribution in [1.29, 1.82) is 0 Å². The van der Waals surface area contributed by atoms with Crippen LogP contribution in [-0.2, 0) is 4.79 Å². The highest BCUT2D eigenvalue weighted by Gasteiger charge is 2.33. The van der Waals surface area contributed by atoms with E-state index in [4.69, 9.17) is 23.2 Å². The number of thiophene rings is 1. The molecular formula is C17H16BrCl2NO2S. The van der Waals surface area contributed by atoms with Crippen molar-refractivity contribution in [3.05, 3.63) is 54.6 Å². The van der Waals surface area contributed by atoms with Crippen LogP contribution in [0.5, 0.6) is 0 Å². The Kier molecular flexibility index (Phi) is 5.88. The van der Waals surface area contributed by atoms with E-state index >= 15 is 0 Å². The molecule has 1 aromatic heterocycles. The maximum Gasteiger partial charge on any atom is 0.307 e. The van der Waals surface area contributed by atoms with Gasteiger partial charge in [-0.3, -0.25) is 9.69 Å². The SMILES string of the molecule is O=C(O)C1CCCN(C(c2ccc(Br)s2)c2cccc(Cl)c2Cl)C1. The summed E-state index contributed by atoms with van der Waals surface area (Å²) in [6.45, 7) is 1.35. The molecule has 2 aromatic rings. The third-order valence-corrected chi connectivity index (χ3v) is 6.82. The van der Waals surface area contributed by atoms with Gasteiger partial charge in [0, 0.05) is 11.4 Å². The number of nitrogens with zero attached hydrogens (tertiary/aromatic N) is 1. The number of carbonyl (C=O) groups is 1. The van der Waals surface area contributed by atoms with Crippen molar-refractivity contribution in [1.82, 2.24) is 4.90 Å². The molecule has 7 heteroatoms. The van der Waals surface area contributed by atoms with Crippen molar-refractivity contribution in [2.45, 2.75) is 18.9 Å². The minimum absolute atomic E-state index is 0.0883. The molecule has 0 aliphatic carbocycles. The second kappa shape index (κ2) is 7.75. The number of halogens is 3. The summed E-state index contributed by atoms with van der Waals surface area (Å²) in [4.78, 5) is 14.8. The zero-order valence-electron chi connectivity index (χ0n) is 12.7. The van der Waals surface area contributed by atoms with Gasteiger partial charge in [0.15, 0.2) is 0 Å². The molecule has 0 bridgehead atoms. The predicted molar refractivity (Wildman–Crippen MR) is 102 cm³/mol. The fourth-order valence-corrected chi connectivity index (χ4v) is 5.17. The molecule has 2 unspecified atom stereocenters. The lowest BCUT2D eigenvalue weighted by Gasteiger charge is -2.37. The Hall–Kier alpha value is -0.590. The zero-order valence-corrected chi connectivity index (χ0v) is 16.6. The Labute approximate surface area is 163 Å². The number of carboxylic acid groups (broad SMARTS) is 1. The van der Waals surface area contributed by atoms with Crippen LogP contribution in [0, 0.1) is 5.92 Å². The van der Waals surface area contributed by atoms with E-state index in [1.165, 1.54) is 0 Å². The van der Waals surface area contributed by atoms with Crippen LogP contribution < -0.4 is 0 Å². The van der Waals surface area contributed by atoms with Crippen molar-refractivity contribution in [3.8, 4) is 0 Å². The van der Waals surface area contributed by atoms with Crippen LogP contribution in [-0.4, -0.2) is 29.1 Å². The average molecular weight is 449 g/mol. The van der Waals surface area contributed by atoms with Crippen molar-refractivity contribution in [3.63, 3.8) is 0 Å². The highest BCUT2D eigenvalue weighted by molar-refractivity contribution is 9.11. The summed E-state index contributed by atoms with van der Waals surface area (Å²) in [7, 11) is 0. The van der Waals surface area contributed by atoms with Gasteiger partial charge in [-0.1, -0.05) is 35.3 Å². The van der Waals surface area contributed by atoms with Gasteiger partial charge in [0.1, 0.15) is 0 Å². The molecule has 2 heterocycles. The minimum Gasteiger partial charge on any atom is -0.481 e. The molecule has 2 atom stereocenters. The largest absolute Gasteiger partial charge is 0.481 e. The van der Waals surface area contributed by atoms with Crippen LogP contribution in [0.25, 0.3) is 0 Å². The number of hydrogen-bond donors (Lipinski definition) is 1. The summed E-state index contributed by atoms with van der Waals surface area (Å²) in [6, 6.07) is 9.60. The number of benzene rings is 1. The minimum atomic E-state index is -0.733. The molecule has 3 rings (SSSR count). The quantitative estimate of drug-likeness (QED) is 0.651. The van der Waals surface area contributed by atoms with Gasteiger partial charge < -0.3 is 5.11 Å². The maximum atomic E-state index is 11.4. The summed E-state index contributed by atoms with van der Waals surface area (Å²) >= 11 is 17.8. The molecule has 1 aliphatic heterocycles. The molecule has 1 fully saturated rings. The lowest BCUT2D eigenvalue weighted by Crippen LogP contribution is -2.41. The molecular weight excluding hydrogens is 433 g/mol. The first-order chi connectivity index (χ1) is 11.5. The third kappa shape index (κ3) is 3.81. The third-order valence-electron chi connectivity index (χ3n) is 4.31. The summed E-state index contributed by atoms with van der Waals surface area (Å²) in [5, 5.41) is 10.5. The number of likely N-dealkylation sites (tertiary alicyclic amines) is 1. The van der Waals surface area contributed by atoms with E-state index < -0.39 is 5.97 Å². The van der Waals surface area contributed by atoms with Crippen LogP contribution in [0.3, 0.4) is 0 Å². The lowest BCUT2D eigenvalue weighted by atomic mass is 9.94. The van der Waals surface area contributed by atoms with Crippen molar-refractivity contribution >= 4 is 56.4 Å². The second-order valence-electron chi connectivity index (χ2n) is 5.86. The van der Waals surface area contributed by atoms with Crippen LogP contribution in [0.15, 0.2) is 34.1 Å². The van der Waals surface area contributed by atoms with E-state index in [0.29, 0.717) is 16.6 Å². The molecule has 0 saturated carbocycles. The van der Waals surface area contributed by atoms with E-state index in [9.17, 15) is 9.90 Å². The predicted octanol–water partition coefficient (Wildman–Crippen LogP) is 5.70. The fourth-order valence-electron chi connectivity index (χ4n) is 3.18. The molecule has 0 radical (unpaired) electrons. The van der Waals surface area contributed by atoms with Gasteiger partial charge in [0.2, 0.25) is 0 Å². The Morgan fingerprint density at radius 2 is 2.12 bits per heavy atom. The van der Waals surface area contributed by atoms with Gasteiger partial charge in [-0.15, -0.1) is 11.3 Å². The summed E-state index contributed by atoms with van der Waals surface area (Å²) in [6.07, 6.45) is 1.58. The smallest absolute Gasteiger partial charge is 0.307 e. The fraction of sp³-hybridized carbons (Fsp3) is 0.353. The van der Waals surface area contributed by atoms with Gasteiger partial charge in [-0.2, -0.15) is 0 Å². The van der Waals surface area contributed by atoms with Crippen LogP contribution >= 0.6 is 50.5 Å². The monoisotopic (exact) mass is 447 g/mol. The lowest BCUT2D eigenvalue weighted by molar-refractivity contribution is -0.143. The van der Waals surface area contributed by atoms with Crippen molar-refractivity contribution in [2.24, 2.45) is 5.92 Å². The van der Waals surface area contributed by atoms with Gasteiger partial charge in [0.05, 0.1) is 25.8 Å². The van der Waals surface area contributed by atoms with E-state index in [-0.39, 0.29) is 12.0 Å². The topological polar surface area (TPSA) is 40.5 Å². The zero-order chi connectivity index (χ0) is 17.3. The molecule has 128 valence electrons. The van der Waals surface area contributed by atoms with E-state index in [1.54, 1.807) is 17.4 Å². The van der Waals surface area contributed by atoms with Crippen molar-refractivity contribution in [2.75, 3.05) is 13.1 Å². The Morgan fingerprint density at radius 3 is 2.79 bits per heavy atom. The van der Waals surface area contributed by atoms with Gasteiger partial charge >= 0.3 is 5.97 Å². The van der Waals surface area contributed by atoms with Crippen LogP contribution in [0.1, 0.15) is 29.3 Å². The highest BCUT2D eigenvalue weighted by atomic mass is 79.9. The first-order valence-electron chi connectivity index (χ1n) is 7.63. The normalized spacial score (nSPS) is 20.0. The molecule has 1 aromatic carbocycles. The molecule has 24 heavy (non-hydrogen) atoms. The summed E-state index contributed by atoms with van der Waals surface area (Å²) < 4.78 is 1.03. The highest BCUT2D eigenvalue weighted by Crippen LogP contribution is 2.41. The first-order valence-corrected chi connectivity index (χ1v) is 10.00. The maximum absolute atomic E-state index is 11.4. The molecule has 0 spiro atoms. The molecule has 1 saturated heterocycles. The van der Waals surface area contributed by atoms with E-state index in [0.717, 1.165) is 33.6 Å². The second-order valence-corrected chi connectivity index (χ2v) is 9.14. The number of rotatable bonds is 4. The van der Waals surface area contributed by atoms with E-state index in [1.807, 2.05) is 18.2 Å². The van der Waals surface area contributed by atoms with Crippen LogP contribution in [0.2, 0.25) is 10.0 Å². The molecule has 0 amide bonds. The van der Waals surface area contributed by atoms with Crippen molar-refractivity contribution < 1.29 is 9.90 Å². The van der Waals surface area contributed by atoms with Crippen LogP contribution in [0.4, 0.5) is 0 Å². The average Bonchev–Trinajstić information content (AvgIpc) is 2.98. The summed E-state index contributed by atoms with van der Waals surface area (Å²) in [5.41, 5.74) is 0.921. The Morgan fingerprint density at radius 1 is 1.33 bits per heavy atom. The Balaban J connectivity index is 2.02. The van der Waals surface area contributed by atoms with Gasteiger partial charge in [-0.25, -0.2) is 0 Å². The molecule has 3 nitrogen and oxygen atoms in total. The number of hydrogen-bond acceptors (Lipinski definition) is 3. The first kappa shape index (κ1) is 18.2. The Bertz CT molecular complexity index is 752.